The van der Waals surface area contributed by atoms with Gasteiger partial charge in [-0.25, -0.2) is 8.42 Å². The number of aryl methyl sites for hydroxylation is 1. The zero-order chi connectivity index (χ0) is 23.1. The van der Waals surface area contributed by atoms with E-state index in [1.807, 2.05) is 6.92 Å². The number of hydrogen-bond acceptors (Lipinski definition) is 4. The van der Waals surface area contributed by atoms with E-state index in [4.69, 9.17) is 27.9 Å². The largest absolute Gasteiger partial charge is 0.492 e. The molecule has 0 bridgehead atoms. The zero-order valence-corrected chi connectivity index (χ0v) is 19.6. The SMILES string of the molecule is Cc1ccc(S(=O)(=O)N(CC(=O)NCCOc2ccc(Cl)cc2)c2ccccc2Cl)cc1. The van der Waals surface area contributed by atoms with E-state index in [-0.39, 0.29) is 28.8 Å². The summed E-state index contributed by atoms with van der Waals surface area (Å²) in [6.45, 7) is 1.84. The number of carbonyl (C=O) groups is 1. The molecule has 3 rings (SSSR count). The van der Waals surface area contributed by atoms with Crippen molar-refractivity contribution in [2.75, 3.05) is 24.0 Å². The first-order chi connectivity index (χ1) is 15.3. The number of rotatable bonds is 9. The van der Waals surface area contributed by atoms with Crippen LogP contribution in [0.2, 0.25) is 10.0 Å². The van der Waals surface area contributed by atoms with Gasteiger partial charge in [0.1, 0.15) is 18.9 Å². The highest BCUT2D eigenvalue weighted by Gasteiger charge is 2.28. The van der Waals surface area contributed by atoms with Gasteiger partial charge < -0.3 is 10.1 Å². The van der Waals surface area contributed by atoms with Gasteiger partial charge >= 0.3 is 0 Å². The molecule has 9 heteroatoms. The Balaban J connectivity index is 1.71. The van der Waals surface area contributed by atoms with E-state index in [0.29, 0.717) is 10.8 Å². The van der Waals surface area contributed by atoms with Gasteiger partial charge in [0, 0.05) is 5.02 Å². The molecule has 1 amide bonds. The number of hydrogen-bond donors (Lipinski definition) is 1. The second-order valence-electron chi connectivity index (χ2n) is 6.93. The highest BCUT2D eigenvalue weighted by Crippen LogP contribution is 2.30. The Bertz CT molecular complexity index is 1170. The average Bonchev–Trinajstić information content (AvgIpc) is 2.77. The quantitative estimate of drug-likeness (QED) is 0.439. The fourth-order valence-electron chi connectivity index (χ4n) is 2.87. The maximum Gasteiger partial charge on any atom is 0.264 e. The number of para-hydroxylation sites is 1. The Labute approximate surface area is 197 Å². The van der Waals surface area contributed by atoms with E-state index in [0.717, 1.165) is 9.87 Å². The van der Waals surface area contributed by atoms with Gasteiger partial charge in [-0.15, -0.1) is 0 Å². The van der Waals surface area contributed by atoms with Crippen molar-refractivity contribution < 1.29 is 17.9 Å². The highest BCUT2D eigenvalue weighted by atomic mass is 35.5. The van der Waals surface area contributed by atoms with Crippen molar-refractivity contribution in [2.45, 2.75) is 11.8 Å². The Morgan fingerprint density at radius 3 is 2.28 bits per heavy atom. The van der Waals surface area contributed by atoms with Gasteiger partial charge in [0.15, 0.2) is 0 Å². The van der Waals surface area contributed by atoms with Crippen molar-refractivity contribution >= 4 is 44.8 Å². The third kappa shape index (κ3) is 6.16. The van der Waals surface area contributed by atoms with Crippen molar-refractivity contribution in [3.05, 3.63) is 88.4 Å². The van der Waals surface area contributed by atoms with E-state index in [2.05, 4.69) is 5.32 Å². The molecule has 0 atom stereocenters. The molecular formula is C23H22Cl2N2O4S. The lowest BCUT2D eigenvalue weighted by Crippen LogP contribution is -2.42. The molecule has 0 saturated carbocycles. The summed E-state index contributed by atoms with van der Waals surface area (Å²) in [5.74, 6) is 0.128. The number of anilines is 1. The number of halogens is 2. The third-order valence-corrected chi connectivity index (χ3v) is 6.87. The van der Waals surface area contributed by atoms with Gasteiger partial charge in [-0.2, -0.15) is 0 Å². The van der Waals surface area contributed by atoms with Crippen LogP contribution in [0, 0.1) is 6.92 Å². The molecule has 0 aliphatic heterocycles. The first kappa shape index (κ1) is 23.9. The molecule has 0 aliphatic rings. The molecule has 0 aromatic heterocycles. The Hall–Kier alpha value is -2.74. The molecule has 0 unspecified atom stereocenters. The van der Waals surface area contributed by atoms with E-state index < -0.39 is 22.5 Å². The molecule has 0 heterocycles. The Morgan fingerprint density at radius 1 is 0.969 bits per heavy atom. The average molecular weight is 493 g/mol. The van der Waals surface area contributed by atoms with Crippen LogP contribution in [0.25, 0.3) is 0 Å². The fraction of sp³-hybridized carbons (Fsp3) is 0.174. The number of benzene rings is 3. The van der Waals surface area contributed by atoms with Crippen LogP contribution in [0.4, 0.5) is 5.69 Å². The third-order valence-electron chi connectivity index (χ3n) is 4.52. The summed E-state index contributed by atoms with van der Waals surface area (Å²) in [7, 11) is -4.02. The number of carbonyl (C=O) groups excluding carboxylic acids is 1. The molecule has 1 N–H and O–H groups in total. The molecule has 0 aliphatic carbocycles. The molecule has 0 saturated heterocycles. The van der Waals surface area contributed by atoms with E-state index in [1.165, 1.54) is 12.1 Å². The fourth-order valence-corrected chi connectivity index (χ4v) is 4.72. The molecule has 32 heavy (non-hydrogen) atoms. The Kier molecular flexibility index (Phi) is 8.01. The van der Waals surface area contributed by atoms with E-state index in [1.54, 1.807) is 60.7 Å². The maximum atomic E-state index is 13.3. The Morgan fingerprint density at radius 2 is 1.62 bits per heavy atom. The second-order valence-corrected chi connectivity index (χ2v) is 9.63. The summed E-state index contributed by atoms with van der Waals surface area (Å²) >= 11 is 12.1. The first-order valence-electron chi connectivity index (χ1n) is 9.76. The lowest BCUT2D eigenvalue weighted by Gasteiger charge is -2.25. The smallest absolute Gasteiger partial charge is 0.264 e. The van der Waals surface area contributed by atoms with Gasteiger partial charge in [-0.1, -0.05) is 53.0 Å². The number of nitrogens with zero attached hydrogens (tertiary/aromatic N) is 1. The lowest BCUT2D eigenvalue weighted by molar-refractivity contribution is -0.119. The molecule has 0 fully saturated rings. The van der Waals surface area contributed by atoms with Gasteiger partial charge in [-0.05, 0) is 55.5 Å². The first-order valence-corrected chi connectivity index (χ1v) is 12.0. The predicted octanol–water partition coefficient (Wildman–Crippen LogP) is 4.69. The molecule has 0 radical (unpaired) electrons. The minimum Gasteiger partial charge on any atom is -0.492 e. The number of nitrogens with one attached hydrogen (secondary N) is 1. The molecule has 0 spiro atoms. The van der Waals surface area contributed by atoms with Crippen LogP contribution >= 0.6 is 23.2 Å². The van der Waals surface area contributed by atoms with Gasteiger partial charge in [0.05, 0.1) is 22.2 Å². The molecule has 3 aromatic rings. The van der Waals surface area contributed by atoms with Crippen LogP contribution in [0.3, 0.4) is 0 Å². The van der Waals surface area contributed by atoms with Crippen LogP contribution in [-0.2, 0) is 14.8 Å². The van der Waals surface area contributed by atoms with Crippen LogP contribution in [0.15, 0.2) is 77.7 Å². The van der Waals surface area contributed by atoms with Crippen LogP contribution in [0.5, 0.6) is 5.75 Å². The summed E-state index contributed by atoms with van der Waals surface area (Å²) < 4.78 is 33.2. The summed E-state index contributed by atoms with van der Waals surface area (Å²) in [6, 6.07) is 19.7. The standard InChI is InChI=1S/C23H22Cl2N2O4S/c1-17-6-12-20(13-7-17)32(29,30)27(22-5-3-2-4-21(22)25)16-23(28)26-14-15-31-19-10-8-18(24)9-11-19/h2-13H,14-16H2,1H3,(H,26,28). The zero-order valence-electron chi connectivity index (χ0n) is 17.3. The van der Waals surface area contributed by atoms with Gasteiger partial charge in [-0.3, -0.25) is 9.10 Å². The van der Waals surface area contributed by atoms with Gasteiger partial charge in [0.25, 0.3) is 10.0 Å². The van der Waals surface area contributed by atoms with Crippen molar-refractivity contribution in [3.8, 4) is 5.75 Å². The number of ether oxygens (including phenoxy) is 1. The predicted molar refractivity (Wildman–Crippen MR) is 127 cm³/mol. The minimum absolute atomic E-state index is 0.0712. The van der Waals surface area contributed by atoms with E-state index >= 15 is 0 Å². The summed E-state index contributed by atoms with van der Waals surface area (Å²) in [5.41, 5.74) is 1.15. The van der Waals surface area contributed by atoms with Crippen LogP contribution in [0.1, 0.15) is 5.56 Å². The monoisotopic (exact) mass is 492 g/mol. The van der Waals surface area contributed by atoms with Crippen molar-refractivity contribution in [3.63, 3.8) is 0 Å². The van der Waals surface area contributed by atoms with Crippen molar-refractivity contribution in [2.24, 2.45) is 0 Å². The van der Waals surface area contributed by atoms with Crippen LogP contribution in [-0.4, -0.2) is 34.0 Å². The summed E-state index contributed by atoms with van der Waals surface area (Å²) in [6.07, 6.45) is 0. The molecule has 3 aromatic carbocycles. The molecule has 168 valence electrons. The normalized spacial score (nSPS) is 11.1. The number of amides is 1. The highest BCUT2D eigenvalue weighted by molar-refractivity contribution is 7.92. The van der Waals surface area contributed by atoms with Crippen molar-refractivity contribution in [1.82, 2.24) is 5.32 Å². The van der Waals surface area contributed by atoms with Crippen molar-refractivity contribution in [1.29, 1.82) is 0 Å². The number of sulfonamides is 1. The summed E-state index contributed by atoms with van der Waals surface area (Å²) in [4.78, 5) is 12.7. The van der Waals surface area contributed by atoms with E-state index in [9.17, 15) is 13.2 Å². The topological polar surface area (TPSA) is 75.7 Å². The maximum absolute atomic E-state index is 13.3. The summed E-state index contributed by atoms with van der Waals surface area (Å²) in [5, 5.41) is 3.50. The molecule has 6 nitrogen and oxygen atoms in total. The second kappa shape index (κ2) is 10.7. The lowest BCUT2D eigenvalue weighted by atomic mass is 10.2. The van der Waals surface area contributed by atoms with Crippen LogP contribution < -0.4 is 14.4 Å². The van der Waals surface area contributed by atoms with Gasteiger partial charge in [0.2, 0.25) is 5.91 Å². The minimum atomic E-state index is -4.02. The molecular weight excluding hydrogens is 471 g/mol.